The van der Waals surface area contributed by atoms with Gasteiger partial charge in [-0.05, 0) is 6.42 Å². The number of halogens is 3. The second-order valence-corrected chi connectivity index (χ2v) is 3.76. The third-order valence-corrected chi connectivity index (χ3v) is 2.23. The van der Waals surface area contributed by atoms with E-state index in [9.17, 15) is 13.2 Å². The molecule has 0 radical (unpaired) electrons. The summed E-state index contributed by atoms with van der Waals surface area (Å²) in [5, 5.41) is 11.9. The fourth-order valence-electron chi connectivity index (χ4n) is 1.23. The van der Waals surface area contributed by atoms with E-state index in [0.717, 1.165) is 0 Å². The Morgan fingerprint density at radius 3 is 2.76 bits per heavy atom. The summed E-state index contributed by atoms with van der Waals surface area (Å²) in [6, 6.07) is 1.98. The van der Waals surface area contributed by atoms with Gasteiger partial charge in [-0.25, -0.2) is 0 Å². The Bertz CT molecular complexity index is 394. The highest BCUT2D eigenvalue weighted by molar-refractivity contribution is 4.93. The van der Waals surface area contributed by atoms with Crippen LogP contribution in [0.4, 0.5) is 13.2 Å². The highest BCUT2D eigenvalue weighted by Crippen LogP contribution is 2.23. The molecule has 0 aromatic carbocycles. The summed E-state index contributed by atoms with van der Waals surface area (Å²) in [4.78, 5) is 3.88. The summed E-state index contributed by atoms with van der Waals surface area (Å²) in [5.41, 5.74) is 0. The molecule has 94 valence electrons. The molecule has 1 heterocycles. The van der Waals surface area contributed by atoms with E-state index in [4.69, 9.17) is 9.78 Å². The van der Waals surface area contributed by atoms with E-state index in [-0.39, 0.29) is 24.1 Å². The SMILES string of the molecule is CC(CCC#N)c1nc(CCC(F)(F)F)no1. The summed E-state index contributed by atoms with van der Waals surface area (Å²) in [7, 11) is 0. The monoisotopic (exact) mass is 247 g/mol. The summed E-state index contributed by atoms with van der Waals surface area (Å²) >= 11 is 0. The molecule has 1 atom stereocenters. The molecule has 1 unspecified atom stereocenters. The van der Waals surface area contributed by atoms with E-state index in [1.807, 2.05) is 6.07 Å². The Balaban J connectivity index is 2.51. The van der Waals surface area contributed by atoms with Crippen molar-refractivity contribution in [2.75, 3.05) is 0 Å². The van der Waals surface area contributed by atoms with Crippen molar-refractivity contribution in [2.45, 2.75) is 44.7 Å². The van der Waals surface area contributed by atoms with E-state index < -0.39 is 12.6 Å². The molecular formula is C10H12F3N3O. The number of aryl methyl sites for hydroxylation is 1. The van der Waals surface area contributed by atoms with Gasteiger partial charge in [-0.2, -0.15) is 23.4 Å². The molecule has 0 N–H and O–H groups in total. The number of nitriles is 1. The van der Waals surface area contributed by atoms with Crippen LogP contribution in [0.5, 0.6) is 0 Å². The first kappa shape index (κ1) is 13.5. The van der Waals surface area contributed by atoms with E-state index in [2.05, 4.69) is 10.1 Å². The van der Waals surface area contributed by atoms with Gasteiger partial charge in [0.25, 0.3) is 0 Å². The molecule has 0 bridgehead atoms. The van der Waals surface area contributed by atoms with Crippen molar-refractivity contribution >= 4 is 0 Å². The maximum Gasteiger partial charge on any atom is 0.389 e. The van der Waals surface area contributed by atoms with Gasteiger partial charge in [-0.1, -0.05) is 12.1 Å². The van der Waals surface area contributed by atoms with Crippen LogP contribution < -0.4 is 0 Å². The van der Waals surface area contributed by atoms with Crippen molar-refractivity contribution in [3.63, 3.8) is 0 Å². The molecular weight excluding hydrogens is 235 g/mol. The Kier molecular flexibility index (Phi) is 4.49. The standard InChI is InChI=1S/C10H12F3N3O/c1-7(3-2-6-14)9-15-8(16-17-9)4-5-10(11,12)13/h7H,2-5H2,1H3. The number of hydrogen-bond acceptors (Lipinski definition) is 4. The quantitative estimate of drug-likeness (QED) is 0.802. The Labute approximate surface area is 96.4 Å². The predicted octanol–water partition coefficient (Wildman–Crippen LogP) is 2.97. The highest BCUT2D eigenvalue weighted by Gasteiger charge is 2.27. The number of aromatic nitrogens is 2. The highest BCUT2D eigenvalue weighted by atomic mass is 19.4. The van der Waals surface area contributed by atoms with Crippen LogP contribution in [0.2, 0.25) is 0 Å². The maximum absolute atomic E-state index is 12.0. The lowest BCUT2D eigenvalue weighted by Gasteiger charge is -2.02. The van der Waals surface area contributed by atoms with Gasteiger partial charge in [-0.15, -0.1) is 0 Å². The van der Waals surface area contributed by atoms with Crippen molar-refractivity contribution in [1.82, 2.24) is 10.1 Å². The maximum atomic E-state index is 12.0. The van der Waals surface area contributed by atoms with Gasteiger partial charge in [-0.3, -0.25) is 0 Å². The average Bonchev–Trinajstić information content (AvgIpc) is 2.70. The molecule has 0 aliphatic rings. The Morgan fingerprint density at radius 2 is 2.18 bits per heavy atom. The van der Waals surface area contributed by atoms with Crippen LogP contribution in [-0.4, -0.2) is 16.3 Å². The van der Waals surface area contributed by atoms with Gasteiger partial charge < -0.3 is 4.52 Å². The van der Waals surface area contributed by atoms with Gasteiger partial charge >= 0.3 is 6.18 Å². The fraction of sp³-hybridized carbons (Fsp3) is 0.700. The molecule has 0 saturated carbocycles. The van der Waals surface area contributed by atoms with Crippen molar-refractivity contribution < 1.29 is 17.7 Å². The molecule has 1 aromatic heterocycles. The van der Waals surface area contributed by atoms with Crippen molar-refractivity contribution in [1.29, 1.82) is 5.26 Å². The van der Waals surface area contributed by atoms with Gasteiger partial charge in [0.2, 0.25) is 5.89 Å². The minimum Gasteiger partial charge on any atom is -0.339 e. The lowest BCUT2D eigenvalue weighted by molar-refractivity contribution is -0.134. The van der Waals surface area contributed by atoms with Crippen LogP contribution >= 0.6 is 0 Å². The van der Waals surface area contributed by atoms with Crippen LogP contribution in [0.1, 0.15) is 43.8 Å². The predicted molar refractivity (Wildman–Crippen MR) is 51.9 cm³/mol. The minimum atomic E-state index is -4.22. The molecule has 0 saturated heterocycles. The van der Waals surface area contributed by atoms with Gasteiger partial charge in [0.1, 0.15) is 0 Å². The molecule has 1 rings (SSSR count). The number of alkyl halides is 3. The Morgan fingerprint density at radius 1 is 1.47 bits per heavy atom. The van der Waals surface area contributed by atoms with Gasteiger partial charge in [0.15, 0.2) is 5.82 Å². The first-order chi connectivity index (χ1) is 7.92. The summed E-state index contributed by atoms with van der Waals surface area (Å²) < 4.78 is 40.7. The van der Waals surface area contributed by atoms with Gasteiger partial charge in [0.05, 0.1) is 12.5 Å². The first-order valence-corrected chi connectivity index (χ1v) is 5.18. The third kappa shape index (κ3) is 4.85. The number of nitrogens with zero attached hydrogens (tertiary/aromatic N) is 3. The lowest BCUT2D eigenvalue weighted by atomic mass is 10.1. The fourth-order valence-corrected chi connectivity index (χ4v) is 1.23. The van der Waals surface area contributed by atoms with E-state index >= 15 is 0 Å². The van der Waals surface area contributed by atoms with Crippen molar-refractivity contribution in [3.05, 3.63) is 11.7 Å². The van der Waals surface area contributed by atoms with Gasteiger partial charge in [0, 0.05) is 18.8 Å². The zero-order chi connectivity index (χ0) is 12.9. The van der Waals surface area contributed by atoms with Crippen LogP contribution in [0, 0.1) is 11.3 Å². The first-order valence-electron chi connectivity index (χ1n) is 5.18. The normalized spacial score (nSPS) is 13.4. The summed E-state index contributed by atoms with van der Waals surface area (Å²) in [6.45, 7) is 1.79. The van der Waals surface area contributed by atoms with Crippen LogP contribution in [-0.2, 0) is 6.42 Å². The summed E-state index contributed by atoms with van der Waals surface area (Å²) in [6.07, 6.45) is -4.55. The Hall–Kier alpha value is -1.58. The van der Waals surface area contributed by atoms with Crippen molar-refractivity contribution in [3.8, 4) is 6.07 Å². The second kappa shape index (κ2) is 5.66. The third-order valence-electron chi connectivity index (χ3n) is 2.23. The molecule has 4 nitrogen and oxygen atoms in total. The molecule has 0 spiro atoms. The molecule has 1 aromatic rings. The molecule has 17 heavy (non-hydrogen) atoms. The molecule has 0 amide bonds. The van der Waals surface area contributed by atoms with E-state index in [0.29, 0.717) is 12.8 Å². The van der Waals surface area contributed by atoms with Crippen LogP contribution in [0.3, 0.4) is 0 Å². The lowest BCUT2D eigenvalue weighted by Crippen LogP contribution is -2.09. The van der Waals surface area contributed by atoms with Crippen molar-refractivity contribution in [2.24, 2.45) is 0 Å². The zero-order valence-corrected chi connectivity index (χ0v) is 9.29. The molecule has 7 heteroatoms. The second-order valence-electron chi connectivity index (χ2n) is 3.76. The average molecular weight is 247 g/mol. The number of hydrogen-bond donors (Lipinski definition) is 0. The molecule has 0 fully saturated rings. The van der Waals surface area contributed by atoms with Crippen LogP contribution in [0.15, 0.2) is 4.52 Å². The largest absolute Gasteiger partial charge is 0.389 e. The number of rotatable bonds is 5. The zero-order valence-electron chi connectivity index (χ0n) is 9.29. The topological polar surface area (TPSA) is 62.7 Å². The smallest absolute Gasteiger partial charge is 0.339 e. The minimum absolute atomic E-state index is 0.0566. The summed E-state index contributed by atoms with van der Waals surface area (Å²) in [5.74, 6) is 0.236. The van der Waals surface area contributed by atoms with E-state index in [1.54, 1.807) is 6.92 Å². The molecule has 0 aliphatic heterocycles. The van der Waals surface area contributed by atoms with Crippen LogP contribution in [0.25, 0.3) is 0 Å². The molecule has 0 aliphatic carbocycles. The van der Waals surface area contributed by atoms with E-state index in [1.165, 1.54) is 0 Å².